The van der Waals surface area contributed by atoms with E-state index in [-0.39, 0.29) is 5.41 Å². The summed E-state index contributed by atoms with van der Waals surface area (Å²) in [5, 5.41) is 1.30. The van der Waals surface area contributed by atoms with Crippen LogP contribution in [0.25, 0.3) is 44.5 Å². The monoisotopic (exact) mass is 476 g/mol. The highest BCUT2D eigenvalue weighted by Crippen LogP contribution is 2.51. The van der Waals surface area contributed by atoms with Crippen molar-refractivity contribution in [2.75, 3.05) is 0 Å². The van der Waals surface area contributed by atoms with Crippen molar-refractivity contribution in [1.29, 1.82) is 0 Å². The van der Waals surface area contributed by atoms with Crippen LogP contribution in [0.5, 0.6) is 0 Å². The number of para-hydroxylation sites is 3. The maximum absolute atomic E-state index is 2.40. The van der Waals surface area contributed by atoms with Gasteiger partial charge in [0.05, 0.1) is 5.39 Å². The molecule has 37 heavy (non-hydrogen) atoms. The van der Waals surface area contributed by atoms with Crippen molar-refractivity contribution < 1.29 is 9.13 Å². The van der Waals surface area contributed by atoms with Gasteiger partial charge in [-0.3, -0.25) is 0 Å². The van der Waals surface area contributed by atoms with Gasteiger partial charge in [0.25, 0.3) is 0 Å². The summed E-state index contributed by atoms with van der Waals surface area (Å²) in [6, 6.07) is 41.3. The Morgan fingerprint density at radius 1 is 0.568 bits per heavy atom. The van der Waals surface area contributed by atoms with Gasteiger partial charge in [0.15, 0.2) is 18.6 Å². The molecule has 1 aliphatic rings. The Kier molecular flexibility index (Phi) is 4.84. The Morgan fingerprint density at radius 2 is 1.22 bits per heavy atom. The summed E-state index contributed by atoms with van der Waals surface area (Å²) < 4.78 is 4.51. The van der Waals surface area contributed by atoms with E-state index < -0.39 is 0 Å². The second-order valence-electron chi connectivity index (χ2n) is 10.4. The number of aromatic nitrogens is 2. The highest BCUT2D eigenvalue weighted by atomic mass is 15.0. The minimum absolute atomic E-state index is 0.111. The number of fused-ring (bicyclic) bond motifs is 5. The molecule has 0 saturated carbocycles. The number of hydrogen-bond acceptors (Lipinski definition) is 0. The predicted molar refractivity (Wildman–Crippen MR) is 150 cm³/mol. The summed E-state index contributed by atoms with van der Waals surface area (Å²) in [5.41, 5.74) is 11.4. The molecule has 176 valence electrons. The topological polar surface area (TPSA) is 7.76 Å². The lowest BCUT2D eigenvalue weighted by atomic mass is 9.82. The van der Waals surface area contributed by atoms with Gasteiger partial charge in [-0.05, 0) is 34.4 Å². The molecule has 2 nitrogen and oxygen atoms in total. The lowest BCUT2D eigenvalue weighted by Crippen LogP contribution is -2.33. The molecule has 2 aromatic heterocycles. The van der Waals surface area contributed by atoms with Crippen LogP contribution in [0.3, 0.4) is 0 Å². The quantitative estimate of drug-likeness (QED) is 0.236. The standard InChI is InChI=1S/C35H28N2/c1-35(2)31-23-26(25-19-21-36(22-20-25)27-11-5-3-6-12-27)17-18-29(31)34-30-15-9-10-16-33(30)37(24-32(34)35)28-13-7-4-8-14-28/h3-24H,1-2H3/q+2. The normalized spacial score (nSPS) is 13.4. The molecule has 6 aromatic rings. The van der Waals surface area contributed by atoms with Crippen molar-refractivity contribution in [3.05, 3.63) is 145 Å². The molecular weight excluding hydrogens is 448 g/mol. The molecule has 0 aliphatic heterocycles. The third kappa shape index (κ3) is 3.41. The van der Waals surface area contributed by atoms with Crippen molar-refractivity contribution in [1.82, 2.24) is 0 Å². The van der Waals surface area contributed by atoms with Crippen LogP contribution in [-0.4, -0.2) is 0 Å². The molecular formula is C35H28N2+2. The zero-order valence-electron chi connectivity index (χ0n) is 21.1. The van der Waals surface area contributed by atoms with E-state index in [9.17, 15) is 0 Å². The first-order chi connectivity index (χ1) is 18.1. The van der Waals surface area contributed by atoms with E-state index in [4.69, 9.17) is 0 Å². The molecule has 0 amide bonds. The van der Waals surface area contributed by atoms with Crippen LogP contribution in [0.4, 0.5) is 0 Å². The molecule has 0 bridgehead atoms. The molecule has 0 radical (unpaired) electrons. The van der Waals surface area contributed by atoms with E-state index >= 15 is 0 Å². The van der Waals surface area contributed by atoms with Crippen molar-refractivity contribution >= 4 is 10.9 Å². The van der Waals surface area contributed by atoms with Gasteiger partial charge in [-0.15, -0.1) is 0 Å². The molecule has 2 heterocycles. The molecule has 1 aliphatic carbocycles. The van der Waals surface area contributed by atoms with Crippen molar-refractivity contribution in [3.63, 3.8) is 0 Å². The van der Waals surface area contributed by atoms with Crippen LogP contribution in [-0.2, 0) is 5.41 Å². The minimum atomic E-state index is -0.111. The SMILES string of the molecule is CC1(C)c2cc(-c3cc[n+](-c4ccccc4)cc3)ccc2-c2c1c[n+](-c1ccccc1)c1ccccc21. The Bertz CT molecular complexity index is 1770. The Balaban J connectivity index is 1.37. The van der Waals surface area contributed by atoms with Gasteiger partial charge < -0.3 is 0 Å². The van der Waals surface area contributed by atoms with Crippen LogP contribution in [0.15, 0.2) is 134 Å². The number of nitrogens with zero attached hydrogens (tertiary/aromatic N) is 2. The molecule has 4 aromatic carbocycles. The summed E-state index contributed by atoms with van der Waals surface area (Å²) in [6.45, 7) is 4.72. The fraction of sp³-hybridized carbons (Fsp3) is 0.0857. The molecule has 7 rings (SSSR count). The number of benzene rings is 4. The van der Waals surface area contributed by atoms with E-state index in [1.54, 1.807) is 0 Å². The maximum atomic E-state index is 2.40. The Labute approximate surface area is 217 Å². The smallest absolute Gasteiger partial charge is 0.167 e. The van der Waals surface area contributed by atoms with Gasteiger partial charge in [0, 0.05) is 59.0 Å². The summed E-state index contributed by atoms with van der Waals surface area (Å²) in [5.74, 6) is 0. The van der Waals surface area contributed by atoms with Crippen LogP contribution >= 0.6 is 0 Å². The predicted octanol–water partition coefficient (Wildman–Crippen LogP) is 7.37. The van der Waals surface area contributed by atoms with Gasteiger partial charge in [0.1, 0.15) is 0 Å². The second-order valence-corrected chi connectivity index (χ2v) is 10.4. The first-order valence-electron chi connectivity index (χ1n) is 12.9. The average Bonchev–Trinajstić information content (AvgIpc) is 3.19. The van der Waals surface area contributed by atoms with Gasteiger partial charge in [0.2, 0.25) is 16.9 Å². The molecule has 0 unspecified atom stereocenters. The lowest BCUT2D eigenvalue weighted by molar-refractivity contribution is -0.595. The first-order valence-corrected chi connectivity index (χ1v) is 12.9. The fourth-order valence-electron chi connectivity index (χ4n) is 5.86. The fourth-order valence-corrected chi connectivity index (χ4v) is 5.86. The van der Waals surface area contributed by atoms with Gasteiger partial charge in [-0.2, -0.15) is 9.13 Å². The average molecular weight is 477 g/mol. The van der Waals surface area contributed by atoms with Gasteiger partial charge in [-0.25, -0.2) is 0 Å². The number of pyridine rings is 2. The van der Waals surface area contributed by atoms with E-state index in [2.05, 4.69) is 151 Å². The highest BCUT2D eigenvalue weighted by Gasteiger charge is 2.40. The van der Waals surface area contributed by atoms with E-state index in [1.807, 2.05) is 6.07 Å². The van der Waals surface area contributed by atoms with Crippen LogP contribution in [0.1, 0.15) is 25.0 Å². The number of rotatable bonds is 3. The summed E-state index contributed by atoms with van der Waals surface area (Å²) in [4.78, 5) is 0. The van der Waals surface area contributed by atoms with Crippen molar-refractivity contribution in [2.24, 2.45) is 0 Å². The third-order valence-electron chi connectivity index (χ3n) is 7.85. The molecule has 0 atom stereocenters. The summed E-state index contributed by atoms with van der Waals surface area (Å²) in [7, 11) is 0. The zero-order chi connectivity index (χ0) is 25.0. The van der Waals surface area contributed by atoms with Gasteiger partial charge >= 0.3 is 0 Å². The molecule has 0 N–H and O–H groups in total. The van der Waals surface area contributed by atoms with E-state index in [1.165, 1.54) is 50.0 Å². The second kappa shape index (κ2) is 8.25. The Hall–Kier alpha value is -4.56. The van der Waals surface area contributed by atoms with Crippen LogP contribution in [0.2, 0.25) is 0 Å². The number of hydrogen-bond donors (Lipinski definition) is 0. The van der Waals surface area contributed by atoms with Crippen molar-refractivity contribution in [2.45, 2.75) is 19.3 Å². The molecule has 0 fully saturated rings. The van der Waals surface area contributed by atoms with Crippen LogP contribution in [0, 0.1) is 0 Å². The van der Waals surface area contributed by atoms with E-state index in [0.29, 0.717) is 0 Å². The maximum Gasteiger partial charge on any atom is 0.219 e. The minimum Gasteiger partial charge on any atom is -0.167 e. The van der Waals surface area contributed by atoms with Crippen molar-refractivity contribution in [3.8, 4) is 33.6 Å². The molecule has 0 spiro atoms. The lowest BCUT2D eigenvalue weighted by Gasteiger charge is -2.21. The molecule has 2 heteroatoms. The van der Waals surface area contributed by atoms with E-state index in [0.717, 1.165) is 5.69 Å². The van der Waals surface area contributed by atoms with Crippen LogP contribution < -0.4 is 9.13 Å². The summed E-state index contributed by atoms with van der Waals surface area (Å²) in [6.07, 6.45) is 6.65. The highest BCUT2D eigenvalue weighted by molar-refractivity contribution is 5.99. The zero-order valence-corrected chi connectivity index (χ0v) is 21.1. The molecule has 0 saturated heterocycles. The summed E-state index contributed by atoms with van der Waals surface area (Å²) >= 11 is 0. The first kappa shape index (κ1) is 21.7. The largest absolute Gasteiger partial charge is 0.219 e. The Morgan fingerprint density at radius 3 is 1.95 bits per heavy atom. The van der Waals surface area contributed by atoms with Gasteiger partial charge in [-0.1, -0.05) is 74.5 Å². The third-order valence-corrected chi connectivity index (χ3v) is 7.85.